The number of benzene rings is 2. The third-order valence-electron chi connectivity index (χ3n) is 13.2. The van der Waals surface area contributed by atoms with Gasteiger partial charge in [-0.3, -0.25) is 4.79 Å². The number of aliphatic hydroxyl groups excluding tert-OH is 1. The molecule has 0 aliphatic rings. The molecule has 7 nitrogen and oxygen atoms in total. The molecule has 2 rings (SSSR count). The van der Waals surface area contributed by atoms with E-state index in [2.05, 4.69) is 19.2 Å². The fourth-order valence-electron chi connectivity index (χ4n) is 9.02. The van der Waals surface area contributed by atoms with Crippen LogP contribution < -0.4 is 5.32 Å². The number of esters is 2. The molecule has 2 aromatic carbocycles. The van der Waals surface area contributed by atoms with Crippen LogP contribution in [0, 0.1) is 0 Å². The quantitative estimate of drug-likeness (QED) is 0.0507. The Morgan fingerprint density at radius 3 is 1.08 bits per heavy atom. The summed E-state index contributed by atoms with van der Waals surface area (Å²) in [6.45, 7) is 4.08. The van der Waals surface area contributed by atoms with E-state index in [1.165, 1.54) is 180 Å². The number of carbonyl (C=O) groups is 3. The predicted octanol–water partition coefficient (Wildman–Crippen LogP) is 16.4. The van der Waals surface area contributed by atoms with Crippen molar-refractivity contribution in [3.05, 3.63) is 71.8 Å². The van der Waals surface area contributed by atoms with Crippen LogP contribution >= 0.6 is 0 Å². The van der Waals surface area contributed by atoms with Gasteiger partial charge in [-0.05, 0) is 43.5 Å². The zero-order chi connectivity index (χ0) is 46.7. The van der Waals surface area contributed by atoms with Gasteiger partial charge in [-0.15, -0.1) is 0 Å². The second-order valence-electron chi connectivity index (χ2n) is 19.1. The highest BCUT2D eigenvalue weighted by Gasteiger charge is 2.36. The van der Waals surface area contributed by atoms with Crippen molar-refractivity contribution in [2.45, 2.75) is 270 Å². The van der Waals surface area contributed by atoms with E-state index in [1.54, 1.807) is 48.5 Å². The number of hydrogen-bond acceptors (Lipinski definition) is 6. The number of hydrogen-bond donors (Lipinski definition) is 2. The van der Waals surface area contributed by atoms with Gasteiger partial charge < -0.3 is 19.9 Å². The molecule has 370 valence electrons. The van der Waals surface area contributed by atoms with Gasteiger partial charge in [-0.2, -0.15) is 0 Å². The molecule has 0 fully saturated rings. The Labute approximate surface area is 398 Å². The molecule has 1 amide bonds. The maximum absolute atomic E-state index is 13.5. The van der Waals surface area contributed by atoms with Crippen LogP contribution in [-0.4, -0.2) is 47.8 Å². The summed E-state index contributed by atoms with van der Waals surface area (Å²) < 4.78 is 12.2. The lowest BCUT2D eigenvalue weighted by Gasteiger charge is -2.33. The van der Waals surface area contributed by atoms with E-state index < -0.39 is 36.8 Å². The van der Waals surface area contributed by atoms with Gasteiger partial charge in [0.15, 0.2) is 6.10 Å². The van der Waals surface area contributed by atoms with Crippen LogP contribution in [0.5, 0.6) is 0 Å². The molecule has 0 heterocycles. The lowest BCUT2D eigenvalue weighted by molar-refractivity contribution is -0.124. The van der Waals surface area contributed by atoms with Gasteiger partial charge in [0.25, 0.3) is 0 Å². The Morgan fingerprint density at radius 2 is 0.738 bits per heavy atom. The predicted molar refractivity (Wildman–Crippen MR) is 272 cm³/mol. The average molecular weight is 904 g/mol. The number of unbranched alkanes of at least 4 members (excludes halogenated alkanes) is 33. The van der Waals surface area contributed by atoms with E-state index in [4.69, 9.17) is 9.47 Å². The smallest absolute Gasteiger partial charge is 0.338 e. The van der Waals surface area contributed by atoms with Crippen LogP contribution in [-0.2, 0) is 14.3 Å². The fraction of sp³-hybridized carbons (Fsp3) is 0.741. The molecule has 2 N–H and O–H groups in total. The first-order chi connectivity index (χ1) is 32.0. The lowest BCUT2D eigenvalue weighted by atomic mass is 9.98. The van der Waals surface area contributed by atoms with Crippen molar-refractivity contribution in [2.75, 3.05) is 6.61 Å². The molecule has 65 heavy (non-hydrogen) atoms. The van der Waals surface area contributed by atoms with Crippen LogP contribution in [0.1, 0.15) is 272 Å². The molecule has 0 aliphatic heterocycles. The number of nitrogens with one attached hydrogen (secondary N) is 1. The topological polar surface area (TPSA) is 102 Å². The van der Waals surface area contributed by atoms with Gasteiger partial charge in [0.05, 0.1) is 23.8 Å². The lowest BCUT2D eigenvalue weighted by Crippen LogP contribution is -2.53. The van der Waals surface area contributed by atoms with Crippen LogP contribution in [0.4, 0.5) is 0 Å². The van der Waals surface area contributed by atoms with Gasteiger partial charge in [-0.25, -0.2) is 9.59 Å². The monoisotopic (exact) mass is 904 g/mol. The number of aliphatic hydroxyl groups is 1. The van der Waals surface area contributed by atoms with Crippen molar-refractivity contribution < 1.29 is 29.0 Å². The molecule has 0 aromatic heterocycles. The molecule has 3 atom stereocenters. The van der Waals surface area contributed by atoms with E-state index >= 15 is 0 Å². The SMILES string of the molecule is CCCCCCCCCCCCCCCCCCCCCCCCCC(=O)N[C@@H](CO)[C@H](OC(=O)c1ccccc1)[C@@H](CCCCCCCCCCCCCC)OC(=O)c1ccccc1. The van der Waals surface area contributed by atoms with Crippen LogP contribution in [0.15, 0.2) is 60.7 Å². The molecule has 0 unspecified atom stereocenters. The largest absolute Gasteiger partial charge is 0.455 e. The Morgan fingerprint density at radius 1 is 0.431 bits per heavy atom. The Hall–Kier alpha value is -3.19. The molecule has 0 saturated carbocycles. The Balaban J connectivity index is 1.76. The standard InChI is InChI=1S/C58H97NO6/c1-3-5-7-9-11-13-15-17-18-19-20-21-22-23-24-25-26-27-29-31-33-35-43-49-55(61)59-53(50-60)56(65-58(63)52-46-40-37-41-47-52)54(64-57(62)51-44-38-36-39-45-51)48-42-34-32-30-28-16-14-12-10-8-6-4-2/h36-41,44-47,53-54,56,60H,3-35,42-43,48-50H2,1-2H3,(H,59,61)/t53-,54+,56-/m0/s1. The van der Waals surface area contributed by atoms with E-state index in [0.29, 0.717) is 24.0 Å². The molecule has 2 aromatic rings. The summed E-state index contributed by atoms with van der Waals surface area (Å²) in [6.07, 6.45) is 43.5. The average Bonchev–Trinajstić information content (AvgIpc) is 3.33. The Kier molecular flexibility index (Phi) is 37.6. The normalized spacial score (nSPS) is 12.7. The van der Waals surface area contributed by atoms with Gasteiger partial charge in [0.2, 0.25) is 5.91 Å². The molecular formula is C58H97NO6. The second-order valence-corrected chi connectivity index (χ2v) is 19.1. The van der Waals surface area contributed by atoms with Crippen LogP contribution in [0.25, 0.3) is 0 Å². The summed E-state index contributed by atoms with van der Waals surface area (Å²) in [4.78, 5) is 40.4. The summed E-state index contributed by atoms with van der Waals surface area (Å²) in [5.74, 6) is -1.32. The minimum absolute atomic E-state index is 0.202. The maximum Gasteiger partial charge on any atom is 0.338 e. The third-order valence-corrected chi connectivity index (χ3v) is 13.2. The molecule has 0 bridgehead atoms. The van der Waals surface area contributed by atoms with Crippen molar-refractivity contribution >= 4 is 17.8 Å². The van der Waals surface area contributed by atoms with Crippen molar-refractivity contribution in [2.24, 2.45) is 0 Å². The van der Waals surface area contributed by atoms with Crippen molar-refractivity contribution in [1.82, 2.24) is 5.32 Å². The molecule has 0 spiro atoms. The first-order valence-electron chi connectivity index (χ1n) is 27.4. The molecule has 0 aliphatic carbocycles. The van der Waals surface area contributed by atoms with Crippen molar-refractivity contribution in [3.8, 4) is 0 Å². The van der Waals surface area contributed by atoms with Gasteiger partial charge >= 0.3 is 11.9 Å². The summed E-state index contributed by atoms with van der Waals surface area (Å²) in [6, 6.07) is 16.5. The second kappa shape index (κ2) is 42.2. The van der Waals surface area contributed by atoms with Gasteiger partial charge in [0.1, 0.15) is 6.10 Å². The van der Waals surface area contributed by atoms with Crippen LogP contribution in [0.2, 0.25) is 0 Å². The number of amides is 1. The maximum atomic E-state index is 13.5. The highest BCUT2D eigenvalue weighted by Crippen LogP contribution is 2.23. The van der Waals surface area contributed by atoms with Gasteiger partial charge in [-0.1, -0.05) is 262 Å². The molecule has 0 saturated heterocycles. The summed E-state index contributed by atoms with van der Waals surface area (Å²) in [5, 5.41) is 13.7. The number of ether oxygens (including phenoxy) is 2. The molecule has 7 heteroatoms. The highest BCUT2D eigenvalue weighted by atomic mass is 16.6. The minimum atomic E-state index is -1.08. The third kappa shape index (κ3) is 31.4. The van der Waals surface area contributed by atoms with E-state index in [0.717, 1.165) is 44.9 Å². The van der Waals surface area contributed by atoms with E-state index in [-0.39, 0.29) is 5.91 Å². The van der Waals surface area contributed by atoms with Crippen LogP contribution in [0.3, 0.4) is 0 Å². The number of carbonyl (C=O) groups excluding carboxylic acids is 3. The van der Waals surface area contributed by atoms with Gasteiger partial charge in [0, 0.05) is 6.42 Å². The number of rotatable bonds is 45. The zero-order valence-electron chi connectivity index (χ0n) is 41.9. The van der Waals surface area contributed by atoms with E-state index in [1.807, 2.05) is 12.1 Å². The molecule has 0 radical (unpaired) electrons. The zero-order valence-corrected chi connectivity index (χ0v) is 41.9. The first-order valence-corrected chi connectivity index (χ1v) is 27.4. The van der Waals surface area contributed by atoms with Crippen molar-refractivity contribution in [3.63, 3.8) is 0 Å². The highest BCUT2D eigenvalue weighted by molar-refractivity contribution is 5.90. The summed E-state index contributed by atoms with van der Waals surface area (Å²) in [7, 11) is 0. The Bertz CT molecular complexity index is 1390. The fourth-order valence-corrected chi connectivity index (χ4v) is 9.02. The minimum Gasteiger partial charge on any atom is -0.455 e. The van der Waals surface area contributed by atoms with Crippen molar-refractivity contribution in [1.29, 1.82) is 0 Å². The van der Waals surface area contributed by atoms with E-state index in [9.17, 15) is 19.5 Å². The molecular weight excluding hydrogens is 807 g/mol. The summed E-state index contributed by atoms with van der Waals surface area (Å²) >= 11 is 0. The first kappa shape index (κ1) is 57.9. The summed E-state index contributed by atoms with van der Waals surface area (Å²) in [5.41, 5.74) is 0.745.